The molecule has 14 heavy (non-hydrogen) atoms. The van der Waals surface area contributed by atoms with Gasteiger partial charge in [-0.25, -0.2) is 14.6 Å². The van der Waals surface area contributed by atoms with Crippen LogP contribution in [0.5, 0.6) is 0 Å². The van der Waals surface area contributed by atoms with Crippen LogP contribution in [0.3, 0.4) is 0 Å². The van der Waals surface area contributed by atoms with Gasteiger partial charge in [0.05, 0.1) is 17.6 Å². The molecule has 0 amide bonds. The standard InChI is InChI=1S/C9H11N5/c1-6-3-4-14(13-6)8-5-11-9(10)12-7(8)2/h3-5H,1-2H3,(H2,10,11,12). The first-order valence-electron chi connectivity index (χ1n) is 4.28. The van der Waals surface area contributed by atoms with Crippen LogP contribution in [0, 0.1) is 13.8 Å². The zero-order valence-electron chi connectivity index (χ0n) is 8.10. The van der Waals surface area contributed by atoms with Gasteiger partial charge in [0.1, 0.15) is 5.69 Å². The first-order valence-corrected chi connectivity index (χ1v) is 4.28. The van der Waals surface area contributed by atoms with Gasteiger partial charge in [-0.15, -0.1) is 0 Å². The van der Waals surface area contributed by atoms with Crippen molar-refractivity contribution in [2.75, 3.05) is 5.73 Å². The second kappa shape index (κ2) is 3.10. The van der Waals surface area contributed by atoms with Crippen LogP contribution in [0.25, 0.3) is 5.69 Å². The molecule has 2 aromatic rings. The Kier molecular flexibility index (Phi) is 1.92. The number of rotatable bonds is 1. The molecule has 0 bridgehead atoms. The predicted octanol–water partition coefficient (Wildman–Crippen LogP) is 0.861. The lowest BCUT2D eigenvalue weighted by atomic mass is 10.4. The van der Waals surface area contributed by atoms with E-state index in [2.05, 4.69) is 15.1 Å². The van der Waals surface area contributed by atoms with E-state index in [0.29, 0.717) is 0 Å². The molecule has 0 fully saturated rings. The van der Waals surface area contributed by atoms with Crippen molar-refractivity contribution < 1.29 is 0 Å². The molecule has 0 aliphatic heterocycles. The van der Waals surface area contributed by atoms with Crippen LogP contribution >= 0.6 is 0 Å². The molecule has 0 saturated carbocycles. The lowest BCUT2D eigenvalue weighted by Gasteiger charge is -2.04. The van der Waals surface area contributed by atoms with Crippen LogP contribution in [0.1, 0.15) is 11.4 Å². The zero-order chi connectivity index (χ0) is 10.1. The van der Waals surface area contributed by atoms with Gasteiger partial charge in [-0.2, -0.15) is 5.10 Å². The highest BCUT2D eigenvalue weighted by molar-refractivity contribution is 5.36. The molecular weight excluding hydrogens is 178 g/mol. The first-order chi connectivity index (χ1) is 6.66. The van der Waals surface area contributed by atoms with Crippen LogP contribution in [-0.2, 0) is 0 Å². The van der Waals surface area contributed by atoms with Crippen molar-refractivity contribution in [3.8, 4) is 5.69 Å². The summed E-state index contributed by atoms with van der Waals surface area (Å²) in [5.41, 5.74) is 8.09. The molecule has 5 nitrogen and oxygen atoms in total. The van der Waals surface area contributed by atoms with E-state index in [-0.39, 0.29) is 5.95 Å². The third kappa shape index (κ3) is 1.44. The van der Waals surface area contributed by atoms with Gasteiger partial charge >= 0.3 is 0 Å². The van der Waals surface area contributed by atoms with Gasteiger partial charge in [0.25, 0.3) is 0 Å². The van der Waals surface area contributed by atoms with Crippen LogP contribution < -0.4 is 5.73 Å². The second-order valence-corrected chi connectivity index (χ2v) is 3.10. The quantitative estimate of drug-likeness (QED) is 0.722. The summed E-state index contributed by atoms with van der Waals surface area (Å²) in [7, 11) is 0. The second-order valence-electron chi connectivity index (χ2n) is 3.10. The molecule has 72 valence electrons. The molecule has 2 heterocycles. The van der Waals surface area contributed by atoms with Crippen molar-refractivity contribution >= 4 is 5.95 Å². The van der Waals surface area contributed by atoms with Gasteiger partial charge in [0.15, 0.2) is 0 Å². The number of hydrogen-bond donors (Lipinski definition) is 1. The Morgan fingerprint density at radius 1 is 1.36 bits per heavy atom. The Bertz CT molecular complexity index is 460. The van der Waals surface area contributed by atoms with Crippen LogP contribution in [-0.4, -0.2) is 19.7 Å². The number of nitrogens with two attached hydrogens (primary N) is 1. The maximum Gasteiger partial charge on any atom is 0.220 e. The summed E-state index contributed by atoms with van der Waals surface area (Å²) in [6, 6.07) is 1.93. The maximum absolute atomic E-state index is 5.46. The monoisotopic (exact) mass is 189 g/mol. The summed E-state index contributed by atoms with van der Waals surface area (Å²) >= 11 is 0. The van der Waals surface area contributed by atoms with Crippen molar-refractivity contribution in [1.82, 2.24) is 19.7 Å². The number of nitrogen functional groups attached to an aromatic ring is 1. The van der Waals surface area contributed by atoms with Gasteiger partial charge < -0.3 is 5.73 Å². The van der Waals surface area contributed by atoms with Gasteiger partial charge in [-0.3, -0.25) is 0 Å². The maximum atomic E-state index is 5.46. The molecule has 5 heteroatoms. The summed E-state index contributed by atoms with van der Waals surface area (Å²) in [6.07, 6.45) is 3.54. The van der Waals surface area contributed by atoms with E-state index in [1.165, 1.54) is 0 Å². The van der Waals surface area contributed by atoms with Crippen LogP contribution in [0.4, 0.5) is 5.95 Å². The van der Waals surface area contributed by atoms with Crippen molar-refractivity contribution in [3.05, 3.63) is 29.8 Å². The number of hydrogen-bond acceptors (Lipinski definition) is 4. The smallest absolute Gasteiger partial charge is 0.220 e. The largest absolute Gasteiger partial charge is 0.368 e. The van der Waals surface area contributed by atoms with Gasteiger partial charge in [0, 0.05) is 6.20 Å². The first kappa shape index (κ1) is 8.68. The third-order valence-corrected chi connectivity index (χ3v) is 1.94. The predicted molar refractivity (Wildman–Crippen MR) is 53.0 cm³/mol. The molecule has 0 aliphatic carbocycles. The average molecular weight is 189 g/mol. The fraction of sp³-hybridized carbons (Fsp3) is 0.222. The molecule has 0 unspecified atom stereocenters. The molecule has 0 saturated heterocycles. The number of aromatic nitrogens is 4. The third-order valence-electron chi connectivity index (χ3n) is 1.94. The van der Waals surface area contributed by atoms with Gasteiger partial charge in [-0.05, 0) is 19.9 Å². The topological polar surface area (TPSA) is 69.6 Å². The molecule has 0 spiro atoms. The Hall–Kier alpha value is -1.91. The van der Waals surface area contributed by atoms with Crippen molar-refractivity contribution in [2.24, 2.45) is 0 Å². The summed E-state index contributed by atoms with van der Waals surface area (Å²) < 4.78 is 1.74. The Morgan fingerprint density at radius 2 is 2.14 bits per heavy atom. The van der Waals surface area contributed by atoms with Crippen LogP contribution in [0.15, 0.2) is 18.5 Å². The summed E-state index contributed by atoms with van der Waals surface area (Å²) in [4.78, 5) is 8.00. The highest BCUT2D eigenvalue weighted by Crippen LogP contribution is 2.10. The lowest BCUT2D eigenvalue weighted by Crippen LogP contribution is -2.04. The Balaban J connectivity index is 2.52. The van der Waals surface area contributed by atoms with E-state index >= 15 is 0 Å². The molecule has 2 N–H and O–H groups in total. The Labute approximate surface area is 81.6 Å². The highest BCUT2D eigenvalue weighted by atomic mass is 15.3. The van der Waals surface area contributed by atoms with E-state index in [9.17, 15) is 0 Å². The molecule has 2 aromatic heterocycles. The normalized spacial score (nSPS) is 10.4. The summed E-state index contributed by atoms with van der Waals surface area (Å²) in [5.74, 6) is 0.287. The van der Waals surface area contributed by atoms with E-state index in [4.69, 9.17) is 5.73 Å². The fourth-order valence-electron chi connectivity index (χ4n) is 1.25. The van der Waals surface area contributed by atoms with Gasteiger partial charge in [0.2, 0.25) is 5.95 Å². The van der Waals surface area contributed by atoms with Gasteiger partial charge in [-0.1, -0.05) is 0 Å². The molecule has 2 rings (SSSR count). The zero-order valence-corrected chi connectivity index (χ0v) is 8.10. The Morgan fingerprint density at radius 3 is 2.71 bits per heavy atom. The SMILES string of the molecule is Cc1ccn(-c2cnc(N)nc2C)n1. The highest BCUT2D eigenvalue weighted by Gasteiger charge is 2.04. The van der Waals surface area contributed by atoms with Crippen molar-refractivity contribution in [3.63, 3.8) is 0 Å². The minimum absolute atomic E-state index is 0.287. The van der Waals surface area contributed by atoms with E-state index in [0.717, 1.165) is 17.1 Å². The molecule has 0 atom stereocenters. The molecule has 0 aliphatic rings. The van der Waals surface area contributed by atoms with E-state index < -0.39 is 0 Å². The number of nitrogens with zero attached hydrogens (tertiary/aromatic N) is 4. The minimum Gasteiger partial charge on any atom is -0.368 e. The fourth-order valence-corrected chi connectivity index (χ4v) is 1.25. The lowest BCUT2D eigenvalue weighted by molar-refractivity contribution is 0.838. The van der Waals surface area contributed by atoms with Crippen molar-refractivity contribution in [1.29, 1.82) is 0 Å². The average Bonchev–Trinajstić information content (AvgIpc) is 2.51. The number of anilines is 1. The van der Waals surface area contributed by atoms with E-state index in [1.807, 2.05) is 26.1 Å². The summed E-state index contributed by atoms with van der Waals surface area (Å²) in [6.45, 7) is 3.81. The molecule has 0 aromatic carbocycles. The van der Waals surface area contributed by atoms with E-state index in [1.54, 1.807) is 10.9 Å². The minimum atomic E-state index is 0.287. The van der Waals surface area contributed by atoms with Crippen molar-refractivity contribution in [2.45, 2.75) is 13.8 Å². The number of aryl methyl sites for hydroxylation is 2. The molecule has 0 radical (unpaired) electrons. The van der Waals surface area contributed by atoms with Crippen LogP contribution in [0.2, 0.25) is 0 Å². The summed E-state index contributed by atoms with van der Waals surface area (Å²) in [5, 5.41) is 4.27. The molecular formula is C9H11N5.